The Hall–Kier alpha value is -1.90. The van der Waals surface area contributed by atoms with Gasteiger partial charge in [-0.1, -0.05) is 32.0 Å². The molecule has 0 aliphatic heterocycles. The molecular formula is C19H26N2O4S2. The van der Waals surface area contributed by atoms with E-state index in [-0.39, 0.29) is 23.3 Å². The fraction of sp³-hybridized carbons (Fsp3) is 0.421. The van der Waals surface area contributed by atoms with Crippen molar-refractivity contribution in [1.82, 2.24) is 10.0 Å². The van der Waals surface area contributed by atoms with E-state index in [4.69, 9.17) is 4.74 Å². The van der Waals surface area contributed by atoms with Crippen LogP contribution in [0.15, 0.2) is 40.6 Å². The molecule has 0 aliphatic rings. The minimum absolute atomic E-state index is 0.0971. The van der Waals surface area contributed by atoms with E-state index in [9.17, 15) is 13.2 Å². The van der Waals surface area contributed by atoms with Crippen LogP contribution in [0, 0.1) is 0 Å². The van der Waals surface area contributed by atoms with Crippen molar-refractivity contribution < 1.29 is 17.9 Å². The Kier molecular flexibility index (Phi) is 7.82. The molecule has 2 rings (SSSR count). The van der Waals surface area contributed by atoms with Crippen molar-refractivity contribution in [2.45, 2.75) is 37.3 Å². The smallest absolute Gasteiger partial charge is 0.250 e. The van der Waals surface area contributed by atoms with Crippen LogP contribution in [0.25, 0.3) is 0 Å². The summed E-state index contributed by atoms with van der Waals surface area (Å²) < 4.78 is 33.4. The van der Waals surface area contributed by atoms with Crippen LogP contribution in [-0.2, 0) is 21.2 Å². The van der Waals surface area contributed by atoms with E-state index in [1.807, 2.05) is 24.3 Å². The van der Waals surface area contributed by atoms with Gasteiger partial charge in [-0.25, -0.2) is 13.1 Å². The van der Waals surface area contributed by atoms with E-state index in [0.29, 0.717) is 18.9 Å². The number of hydrogen-bond donors (Lipinski definition) is 2. The van der Waals surface area contributed by atoms with Gasteiger partial charge >= 0.3 is 0 Å². The third kappa shape index (κ3) is 6.64. The molecule has 2 aromatic rings. The zero-order chi connectivity index (χ0) is 19.9. The Bertz CT molecular complexity index is 860. The van der Waals surface area contributed by atoms with E-state index in [2.05, 4.69) is 23.9 Å². The maximum Gasteiger partial charge on any atom is 0.250 e. The summed E-state index contributed by atoms with van der Waals surface area (Å²) in [6, 6.07) is 11.1. The predicted molar refractivity (Wildman–Crippen MR) is 108 cm³/mol. The lowest BCUT2D eigenvalue weighted by molar-refractivity contribution is -0.118. The van der Waals surface area contributed by atoms with E-state index >= 15 is 0 Å². The normalized spacial score (nSPS) is 11.6. The number of ether oxygens (including phenoxy) is 1. The molecule has 2 N–H and O–H groups in total. The van der Waals surface area contributed by atoms with Gasteiger partial charge in [-0.15, -0.1) is 11.3 Å². The molecule has 1 heterocycles. The van der Waals surface area contributed by atoms with Crippen LogP contribution in [0.2, 0.25) is 0 Å². The number of amides is 1. The minimum atomic E-state index is -3.56. The molecular weight excluding hydrogens is 384 g/mol. The van der Waals surface area contributed by atoms with Crippen LogP contribution in [0.3, 0.4) is 0 Å². The van der Waals surface area contributed by atoms with Crippen LogP contribution in [-0.4, -0.2) is 34.0 Å². The SMILES string of the molecule is CC(=O)NCCc1ccc(S(=O)(=O)NCCOc2ccccc2C(C)C)s1. The molecule has 0 unspecified atom stereocenters. The average molecular weight is 411 g/mol. The highest BCUT2D eigenvalue weighted by molar-refractivity contribution is 7.91. The molecule has 8 heteroatoms. The number of nitrogens with one attached hydrogen (secondary N) is 2. The summed E-state index contributed by atoms with van der Waals surface area (Å²) >= 11 is 1.21. The van der Waals surface area contributed by atoms with Crippen molar-refractivity contribution in [3.05, 3.63) is 46.8 Å². The number of para-hydroxylation sites is 1. The topological polar surface area (TPSA) is 84.5 Å². The quantitative estimate of drug-likeness (QED) is 0.590. The fourth-order valence-corrected chi connectivity index (χ4v) is 4.91. The molecule has 0 saturated carbocycles. The number of carbonyl (C=O) groups is 1. The number of thiophene rings is 1. The summed E-state index contributed by atoms with van der Waals surface area (Å²) in [6.45, 7) is 6.57. The Morgan fingerprint density at radius 1 is 1.15 bits per heavy atom. The van der Waals surface area contributed by atoms with Crippen LogP contribution < -0.4 is 14.8 Å². The van der Waals surface area contributed by atoms with Gasteiger partial charge in [0.2, 0.25) is 15.9 Å². The Balaban J connectivity index is 1.85. The molecule has 0 fully saturated rings. The molecule has 148 valence electrons. The van der Waals surface area contributed by atoms with E-state index < -0.39 is 10.0 Å². The lowest BCUT2D eigenvalue weighted by atomic mass is 10.0. The minimum Gasteiger partial charge on any atom is -0.492 e. The van der Waals surface area contributed by atoms with Crippen LogP contribution in [0.1, 0.15) is 37.1 Å². The summed E-state index contributed by atoms with van der Waals surface area (Å²) in [4.78, 5) is 11.8. The molecule has 27 heavy (non-hydrogen) atoms. The van der Waals surface area contributed by atoms with Gasteiger partial charge in [-0.2, -0.15) is 0 Å². The third-order valence-corrected chi connectivity index (χ3v) is 6.94. The van der Waals surface area contributed by atoms with Crippen molar-refractivity contribution in [3.8, 4) is 5.75 Å². The van der Waals surface area contributed by atoms with Gasteiger partial charge in [0.05, 0.1) is 0 Å². The van der Waals surface area contributed by atoms with Gasteiger partial charge in [0.25, 0.3) is 0 Å². The monoisotopic (exact) mass is 410 g/mol. The largest absolute Gasteiger partial charge is 0.492 e. The van der Waals surface area contributed by atoms with Crippen molar-refractivity contribution in [2.24, 2.45) is 0 Å². The van der Waals surface area contributed by atoms with E-state index in [0.717, 1.165) is 16.2 Å². The number of sulfonamides is 1. The molecule has 0 atom stereocenters. The molecule has 1 aromatic heterocycles. The standard InChI is InChI=1S/C19H26N2O4S2/c1-14(2)17-6-4-5-7-18(17)25-13-12-21-27(23,24)19-9-8-16(26-19)10-11-20-15(3)22/h4-9,14,21H,10-13H2,1-3H3,(H,20,22). The number of carbonyl (C=O) groups excluding carboxylic acids is 1. The summed E-state index contributed by atoms with van der Waals surface area (Å²) in [5, 5.41) is 2.70. The highest BCUT2D eigenvalue weighted by Gasteiger charge is 2.16. The van der Waals surface area contributed by atoms with E-state index in [1.54, 1.807) is 12.1 Å². The Morgan fingerprint density at radius 3 is 2.59 bits per heavy atom. The second-order valence-electron chi connectivity index (χ2n) is 6.39. The first-order valence-electron chi connectivity index (χ1n) is 8.84. The van der Waals surface area contributed by atoms with Gasteiger partial charge in [0.1, 0.15) is 16.6 Å². The predicted octanol–water partition coefficient (Wildman–Crippen LogP) is 2.91. The van der Waals surface area contributed by atoms with E-state index in [1.165, 1.54) is 18.3 Å². The molecule has 1 aromatic carbocycles. The number of rotatable bonds is 10. The maximum absolute atomic E-state index is 12.4. The molecule has 0 spiro atoms. The highest BCUT2D eigenvalue weighted by atomic mass is 32.2. The van der Waals surface area contributed by atoms with Gasteiger partial charge in [-0.05, 0) is 36.1 Å². The molecule has 6 nitrogen and oxygen atoms in total. The molecule has 0 bridgehead atoms. The van der Waals surface area contributed by atoms with Crippen molar-refractivity contribution in [1.29, 1.82) is 0 Å². The number of hydrogen-bond acceptors (Lipinski definition) is 5. The molecule has 1 amide bonds. The Labute approximate surface area is 165 Å². The molecule has 0 saturated heterocycles. The average Bonchev–Trinajstić information content (AvgIpc) is 3.08. The lowest BCUT2D eigenvalue weighted by Crippen LogP contribution is -2.27. The summed E-state index contributed by atoms with van der Waals surface area (Å²) in [5.41, 5.74) is 1.10. The van der Waals surface area contributed by atoms with Crippen LogP contribution in [0.5, 0.6) is 5.75 Å². The molecule has 0 radical (unpaired) electrons. The lowest BCUT2D eigenvalue weighted by Gasteiger charge is -2.14. The first-order chi connectivity index (χ1) is 12.8. The Morgan fingerprint density at radius 2 is 1.89 bits per heavy atom. The van der Waals surface area contributed by atoms with Gasteiger partial charge in [0, 0.05) is 24.9 Å². The highest BCUT2D eigenvalue weighted by Crippen LogP contribution is 2.26. The first kappa shape index (κ1) is 21.4. The maximum atomic E-state index is 12.4. The van der Waals surface area contributed by atoms with Crippen LogP contribution >= 0.6 is 11.3 Å². The third-order valence-electron chi connectivity index (χ3n) is 3.84. The zero-order valence-electron chi connectivity index (χ0n) is 15.8. The second kappa shape index (κ2) is 9.87. The van der Waals surface area contributed by atoms with Gasteiger partial charge in [0.15, 0.2) is 0 Å². The summed E-state index contributed by atoms with van der Waals surface area (Å²) in [5.74, 6) is 1.02. The van der Waals surface area contributed by atoms with Crippen molar-refractivity contribution in [3.63, 3.8) is 0 Å². The second-order valence-corrected chi connectivity index (χ2v) is 9.55. The van der Waals surface area contributed by atoms with Gasteiger partial charge < -0.3 is 10.1 Å². The fourth-order valence-electron chi connectivity index (χ4n) is 2.50. The zero-order valence-corrected chi connectivity index (χ0v) is 17.5. The van der Waals surface area contributed by atoms with Crippen molar-refractivity contribution in [2.75, 3.05) is 19.7 Å². The van der Waals surface area contributed by atoms with Crippen molar-refractivity contribution >= 4 is 27.3 Å². The molecule has 0 aliphatic carbocycles. The first-order valence-corrected chi connectivity index (χ1v) is 11.1. The summed E-state index contributed by atoms with van der Waals surface area (Å²) in [7, 11) is -3.56. The van der Waals surface area contributed by atoms with Crippen LogP contribution in [0.4, 0.5) is 0 Å². The number of benzene rings is 1. The van der Waals surface area contributed by atoms with Gasteiger partial charge in [-0.3, -0.25) is 4.79 Å². The summed E-state index contributed by atoms with van der Waals surface area (Å²) in [6.07, 6.45) is 0.606.